The molecule has 0 aliphatic carbocycles. The molecule has 0 rings (SSSR count). The van der Waals surface area contributed by atoms with Crippen LogP contribution in [0, 0.1) is 0 Å². The van der Waals surface area contributed by atoms with Crippen LogP contribution in [0.15, 0.2) is 23.8 Å². The Kier molecular flexibility index (Phi) is 4.43. The second-order valence-electron chi connectivity index (χ2n) is 2.47. The molecule has 0 aromatic heterocycles. The van der Waals surface area contributed by atoms with Crippen LogP contribution < -0.4 is 22.1 Å². The summed E-state index contributed by atoms with van der Waals surface area (Å²) in [5.41, 5.74) is 11.5. The Morgan fingerprint density at radius 3 is 2.31 bits per heavy atom. The molecule has 0 aromatic carbocycles. The molecule has 13 heavy (non-hydrogen) atoms. The van der Waals surface area contributed by atoms with E-state index in [0.717, 1.165) is 0 Å². The van der Waals surface area contributed by atoms with Gasteiger partial charge in [-0.25, -0.2) is 0 Å². The fraction of sp³-hybridized carbons (Fsp3) is 0.375. The molecule has 0 aromatic rings. The number of nitrogens with one attached hydrogen (secondary N) is 2. The van der Waals surface area contributed by atoms with Gasteiger partial charge in [-0.3, -0.25) is 4.79 Å². The summed E-state index contributed by atoms with van der Waals surface area (Å²) in [5.74, 6) is 0.147. The molecule has 5 heteroatoms. The summed E-state index contributed by atoms with van der Waals surface area (Å²) in [5, 5.41) is 5.22. The van der Waals surface area contributed by atoms with Crippen molar-refractivity contribution in [3.05, 3.63) is 23.8 Å². The van der Waals surface area contributed by atoms with Gasteiger partial charge in [0.2, 0.25) is 5.91 Å². The minimum absolute atomic E-state index is 0.153. The highest BCUT2D eigenvalue weighted by molar-refractivity contribution is 5.78. The molecule has 0 aliphatic rings. The van der Waals surface area contributed by atoms with Gasteiger partial charge < -0.3 is 22.1 Å². The van der Waals surface area contributed by atoms with Crippen LogP contribution in [0.2, 0.25) is 0 Å². The highest BCUT2D eigenvalue weighted by Gasteiger charge is 2.07. The maximum atomic E-state index is 11.0. The van der Waals surface area contributed by atoms with Gasteiger partial charge in [-0.15, -0.1) is 0 Å². The smallest absolute Gasteiger partial charge is 0.224 e. The zero-order valence-corrected chi connectivity index (χ0v) is 7.98. The lowest BCUT2D eigenvalue weighted by Crippen LogP contribution is -2.31. The molecule has 0 radical (unpaired) electrons. The summed E-state index contributed by atoms with van der Waals surface area (Å²) in [4.78, 5) is 11.0. The Balaban J connectivity index is 4.64. The van der Waals surface area contributed by atoms with Gasteiger partial charge in [-0.2, -0.15) is 0 Å². The van der Waals surface area contributed by atoms with E-state index in [1.165, 1.54) is 0 Å². The van der Waals surface area contributed by atoms with E-state index in [-0.39, 0.29) is 11.6 Å². The molecule has 5 nitrogen and oxygen atoms in total. The van der Waals surface area contributed by atoms with Gasteiger partial charge in [0, 0.05) is 13.5 Å². The molecule has 0 atom stereocenters. The number of hydrogen-bond acceptors (Lipinski definition) is 4. The highest BCUT2D eigenvalue weighted by atomic mass is 16.1. The summed E-state index contributed by atoms with van der Waals surface area (Å²) in [7, 11) is 1.64. The van der Waals surface area contributed by atoms with E-state index in [4.69, 9.17) is 11.5 Å². The van der Waals surface area contributed by atoms with Crippen LogP contribution in [0.3, 0.4) is 0 Å². The first-order valence-corrected chi connectivity index (χ1v) is 3.95. The third-order valence-corrected chi connectivity index (χ3v) is 1.45. The predicted octanol–water partition coefficient (Wildman–Crippen LogP) is -0.668. The minimum Gasteiger partial charge on any atom is -0.397 e. The van der Waals surface area contributed by atoms with Crippen LogP contribution in [0.1, 0.15) is 13.3 Å². The lowest BCUT2D eigenvalue weighted by Gasteiger charge is -2.11. The molecule has 0 bridgehead atoms. The quantitative estimate of drug-likeness (QED) is 0.436. The van der Waals surface area contributed by atoms with E-state index in [1.54, 1.807) is 14.0 Å². The van der Waals surface area contributed by atoms with Gasteiger partial charge in [0.1, 0.15) is 11.5 Å². The SMILES string of the molecule is C=C(N)/C(NC(=O)CC)=C(\N)NC. The molecular formula is C8H16N4O. The van der Waals surface area contributed by atoms with Gasteiger partial charge in [0.05, 0.1) is 5.70 Å². The zero-order chi connectivity index (χ0) is 10.4. The summed E-state index contributed by atoms with van der Waals surface area (Å²) in [6, 6.07) is 0. The van der Waals surface area contributed by atoms with E-state index in [2.05, 4.69) is 17.2 Å². The molecule has 6 N–H and O–H groups in total. The van der Waals surface area contributed by atoms with Crippen molar-refractivity contribution in [2.75, 3.05) is 7.05 Å². The molecule has 0 heterocycles. The van der Waals surface area contributed by atoms with E-state index in [1.807, 2.05) is 0 Å². The normalized spacial score (nSPS) is 11.5. The van der Waals surface area contributed by atoms with Gasteiger partial charge in [0.15, 0.2) is 0 Å². The number of nitrogens with two attached hydrogens (primary N) is 2. The fourth-order valence-corrected chi connectivity index (χ4v) is 0.673. The van der Waals surface area contributed by atoms with Crippen molar-refractivity contribution in [3.63, 3.8) is 0 Å². The third kappa shape index (κ3) is 3.50. The molecule has 0 saturated heterocycles. The predicted molar refractivity (Wildman–Crippen MR) is 52.0 cm³/mol. The van der Waals surface area contributed by atoms with Crippen LogP contribution in [0.5, 0.6) is 0 Å². The van der Waals surface area contributed by atoms with Gasteiger partial charge in [0.25, 0.3) is 0 Å². The molecule has 0 fully saturated rings. The van der Waals surface area contributed by atoms with Crippen LogP contribution in [0.25, 0.3) is 0 Å². The average Bonchev–Trinajstić information content (AvgIpc) is 2.11. The first kappa shape index (κ1) is 11.4. The van der Waals surface area contributed by atoms with Crippen molar-refractivity contribution in [1.82, 2.24) is 10.6 Å². The van der Waals surface area contributed by atoms with Crippen LogP contribution >= 0.6 is 0 Å². The van der Waals surface area contributed by atoms with Crippen molar-refractivity contribution >= 4 is 5.91 Å². The molecule has 0 spiro atoms. The van der Waals surface area contributed by atoms with Crippen LogP contribution in [0.4, 0.5) is 0 Å². The maximum absolute atomic E-state index is 11.0. The molecule has 1 amide bonds. The lowest BCUT2D eigenvalue weighted by atomic mass is 10.3. The second-order valence-corrected chi connectivity index (χ2v) is 2.47. The van der Waals surface area contributed by atoms with Crippen LogP contribution in [-0.4, -0.2) is 13.0 Å². The lowest BCUT2D eigenvalue weighted by molar-refractivity contribution is -0.120. The third-order valence-electron chi connectivity index (χ3n) is 1.45. The number of carbonyl (C=O) groups is 1. The van der Waals surface area contributed by atoms with Crippen molar-refractivity contribution in [1.29, 1.82) is 0 Å². The Morgan fingerprint density at radius 2 is 2.00 bits per heavy atom. The Bertz CT molecular complexity index is 245. The Labute approximate surface area is 77.9 Å². The highest BCUT2D eigenvalue weighted by Crippen LogP contribution is 1.99. The molecule has 74 valence electrons. The fourth-order valence-electron chi connectivity index (χ4n) is 0.673. The van der Waals surface area contributed by atoms with Gasteiger partial charge >= 0.3 is 0 Å². The summed E-state index contributed by atoms with van der Waals surface area (Å²) < 4.78 is 0. The molecule has 0 unspecified atom stereocenters. The largest absolute Gasteiger partial charge is 0.397 e. The second kappa shape index (κ2) is 5.08. The standard InChI is InChI=1S/C8H16N4O/c1-4-6(13)12-7(5(2)9)8(10)11-3/h11H,2,4,9-10H2,1,3H3,(H,12,13)/b8-7-. The molecule has 0 aliphatic heterocycles. The topological polar surface area (TPSA) is 93.2 Å². The number of amides is 1. The molecular weight excluding hydrogens is 168 g/mol. The summed E-state index contributed by atoms with van der Waals surface area (Å²) >= 11 is 0. The van der Waals surface area contributed by atoms with E-state index in [0.29, 0.717) is 17.9 Å². The number of carbonyl (C=O) groups excluding carboxylic acids is 1. The number of hydrogen-bond donors (Lipinski definition) is 4. The monoisotopic (exact) mass is 184 g/mol. The maximum Gasteiger partial charge on any atom is 0.224 e. The Hall–Kier alpha value is -1.65. The summed E-state index contributed by atoms with van der Waals surface area (Å²) in [6.45, 7) is 5.23. The average molecular weight is 184 g/mol. The van der Waals surface area contributed by atoms with E-state index < -0.39 is 0 Å². The number of rotatable bonds is 4. The van der Waals surface area contributed by atoms with Crippen molar-refractivity contribution < 1.29 is 4.79 Å². The van der Waals surface area contributed by atoms with E-state index >= 15 is 0 Å². The zero-order valence-electron chi connectivity index (χ0n) is 7.98. The Morgan fingerprint density at radius 1 is 1.46 bits per heavy atom. The first-order valence-electron chi connectivity index (χ1n) is 3.95. The van der Waals surface area contributed by atoms with Crippen molar-refractivity contribution in [2.24, 2.45) is 11.5 Å². The van der Waals surface area contributed by atoms with Crippen LogP contribution in [-0.2, 0) is 4.79 Å². The van der Waals surface area contributed by atoms with Gasteiger partial charge in [-0.1, -0.05) is 13.5 Å². The van der Waals surface area contributed by atoms with Gasteiger partial charge in [-0.05, 0) is 0 Å². The minimum atomic E-state index is -0.153. The molecule has 0 saturated carbocycles. The van der Waals surface area contributed by atoms with E-state index in [9.17, 15) is 4.79 Å². The van der Waals surface area contributed by atoms with Crippen molar-refractivity contribution in [2.45, 2.75) is 13.3 Å². The van der Waals surface area contributed by atoms with Crippen molar-refractivity contribution in [3.8, 4) is 0 Å². The summed E-state index contributed by atoms with van der Waals surface area (Å²) in [6.07, 6.45) is 0.369. The first-order chi connectivity index (χ1) is 6.02.